The first-order valence-electron chi connectivity index (χ1n) is 7.33. The van der Waals surface area contributed by atoms with Gasteiger partial charge >= 0.3 is 12.6 Å². The predicted molar refractivity (Wildman–Crippen MR) is 80.9 cm³/mol. The Morgan fingerprint density at radius 1 is 1.28 bits per heavy atom. The highest BCUT2D eigenvalue weighted by Gasteiger charge is 2.08. The zero-order valence-corrected chi connectivity index (χ0v) is 13.1. The van der Waals surface area contributed by atoms with Crippen LogP contribution in [-0.2, 0) is 29.1 Å². The maximum absolute atomic E-state index is 12.0. The smallest absolute Gasteiger partial charge is 0.387 e. The van der Waals surface area contributed by atoms with Crippen LogP contribution in [0.1, 0.15) is 17.7 Å². The molecule has 0 unspecified atom stereocenters. The second-order valence-corrected chi connectivity index (χ2v) is 5.10. The van der Waals surface area contributed by atoms with Crippen LogP contribution < -0.4 is 10.1 Å². The normalized spacial score (nSPS) is 10.7. The lowest BCUT2D eigenvalue weighted by Crippen LogP contribution is -2.23. The van der Waals surface area contributed by atoms with Crippen LogP contribution in [0.25, 0.3) is 0 Å². The Morgan fingerprint density at radius 2 is 2.00 bits per heavy atom. The van der Waals surface area contributed by atoms with Gasteiger partial charge in [-0.3, -0.25) is 9.59 Å². The molecular formula is C15H16F2N4O4. The number of hydrogen-bond acceptors (Lipinski definition) is 5. The van der Waals surface area contributed by atoms with Gasteiger partial charge in [-0.2, -0.15) is 8.78 Å². The highest BCUT2D eigenvalue weighted by Crippen LogP contribution is 2.15. The Bertz CT molecular complexity index is 719. The SMILES string of the molecule is O=C(O)Cn1cc(CNC(=O)CCc2ccc(OC(F)F)cc2)nn1. The molecule has 0 saturated heterocycles. The average molecular weight is 354 g/mol. The summed E-state index contributed by atoms with van der Waals surface area (Å²) in [7, 11) is 0. The van der Waals surface area contributed by atoms with E-state index in [-0.39, 0.29) is 31.2 Å². The molecule has 1 aromatic carbocycles. The second-order valence-electron chi connectivity index (χ2n) is 5.10. The molecule has 0 fully saturated rings. The number of carboxylic acids is 1. The molecule has 2 N–H and O–H groups in total. The Kier molecular flexibility index (Phi) is 6.38. The fraction of sp³-hybridized carbons (Fsp3) is 0.333. The molecule has 0 bridgehead atoms. The molecule has 0 aliphatic rings. The van der Waals surface area contributed by atoms with Gasteiger partial charge in [0.1, 0.15) is 18.0 Å². The number of aromatic nitrogens is 3. The van der Waals surface area contributed by atoms with E-state index in [1.165, 1.54) is 18.3 Å². The Balaban J connectivity index is 1.73. The lowest BCUT2D eigenvalue weighted by atomic mass is 10.1. The Hall–Kier alpha value is -3.04. The summed E-state index contributed by atoms with van der Waals surface area (Å²) in [6.45, 7) is -3.03. The topological polar surface area (TPSA) is 106 Å². The molecule has 0 saturated carbocycles. The van der Waals surface area contributed by atoms with E-state index in [1.54, 1.807) is 12.1 Å². The largest absolute Gasteiger partial charge is 0.480 e. The van der Waals surface area contributed by atoms with E-state index in [9.17, 15) is 18.4 Å². The number of aliphatic carboxylic acids is 1. The van der Waals surface area contributed by atoms with Crippen molar-refractivity contribution in [1.29, 1.82) is 0 Å². The third-order valence-corrected chi connectivity index (χ3v) is 3.14. The van der Waals surface area contributed by atoms with Crippen LogP contribution >= 0.6 is 0 Å². The Morgan fingerprint density at radius 3 is 2.64 bits per heavy atom. The van der Waals surface area contributed by atoms with Gasteiger partial charge in [-0.1, -0.05) is 17.3 Å². The first-order valence-corrected chi connectivity index (χ1v) is 7.33. The van der Waals surface area contributed by atoms with Gasteiger partial charge in [0.15, 0.2) is 0 Å². The Labute approximate surface area is 141 Å². The van der Waals surface area contributed by atoms with Crippen molar-refractivity contribution in [2.75, 3.05) is 0 Å². The molecule has 0 radical (unpaired) electrons. The molecule has 134 valence electrons. The molecule has 2 aromatic rings. The van der Waals surface area contributed by atoms with Gasteiger partial charge in [0.05, 0.1) is 12.7 Å². The van der Waals surface area contributed by atoms with Gasteiger partial charge in [0.25, 0.3) is 0 Å². The molecule has 10 heteroatoms. The molecule has 25 heavy (non-hydrogen) atoms. The fourth-order valence-corrected chi connectivity index (χ4v) is 2.01. The number of nitrogens with one attached hydrogen (secondary N) is 1. The van der Waals surface area contributed by atoms with Crippen LogP contribution in [0.3, 0.4) is 0 Å². The number of carboxylic acid groups (broad SMARTS) is 1. The van der Waals surface area contributed by atoms with Crippen LogP contribution in [0, 0.1) is 0 Å². The zero-order valence-electron chi connectivity index (χ0n) is 13.1. The van der Waals surface area contributed by atoms with Crippen molar-refractivity contribution in [1.82, 2.24) is 20.3 Å². The summed E-state index contributed by atoms with van der Waals surface area (Å²) in [6.07, 6.45) is 2.08. The first kappa shape index (κ1) is 18.3. The number of carbonyl (C=O) groups excluding carboxylic acids is 1. The quantitative estimate of drug-likeness (QED) is 0.701. The standard InChI is InChI=1S/C15H16F2N4O4/c16-15(17)25-12-4-1-10(2-5-12)3-6-13(22)18-7-11-8-21(20-19-11)9-14(23)24/h1-2,4-5,8,15H,3,6-7,9H2,(H,18,22)(H,23,24). The van der Waals surface area contributed by atoms with Crippen LogP contribution in [0.4, 0.5) is 8.78 Å². The van der Waals surface area contributed by atoms with Crippen molar-refractivity contribution >= 4 is 11.9 Å². The summed E-state index contributed by atoms with van der Waals surface area (Å²) in [4.78, 5) is 22.3. The van der Waals surface area contributed by atoms with Crippen molar-refractivity contribution in [3.05, 3.63) is 41.7 Å². The minimum absolute atomic E-state index is 0.0626. The van der Waals surface area contributed by atoms with Crippen LogP contribution in [0.5, 0.6) is 5.75 Å². The summed E-state index contributed by atoms with van der Waals surface area (Å²) in [5.74, 6) is -1.20. The highest BCUT2D eigenvalue weighted by atomic mass is 19.3. The molecular weight excluding hydrogens is 338 g/mol. The van der Waals surface area contributed by atoms with Gasteiger partial charge < -0.3 is 15.2 Å². The first-order chi connectivity index (χ1) is 11.9. The number of ether oxygens (including phenoxy) is 1. The summed E-state index contributed by atoms with van der Waals surface area (Å²) in [5.41, 5.74) is 1.26. The van der Waals surface area contributed by atoms with Crippen LogP contribution in [0.2, 0.25) is 0 Å². The minimum atomic E-state index is -2.87. The lowest BCUT2D eigenvalue weighted by molar-refractivity contribution is -0.138. The minimum Gasteiger partial charge on any atom is -0.480 e. The second kappa shape index (κ2) is 8.71. The van der Waals surface area contributed by atoms with E-state index < -0.39 is 12.6 Å². The maximum Gasteiger partial charge on any atom is 0.387 e. The van der Waals surface area contributed by atoms with Crippen molar-refractivity contribution in [2.24, 2.45) is 0 Å². The summed E-state index contributed by atoms with van der Waals surface area (Å²) in [5, 5.41) is 18.7. The van der Waals surface area contributed by atoms with E-state index in [0.717, 1.165) is 10.2 Å². The van der Waals surface area contributed by atoms with E-state index >= 15 is 0 Å². The number of rotatable bonds is 9. The number of benzene rings is 1. The number of amides is 1. The van der Waals surface area contributed by atoms with E-state index in [2.05, 4.69) is 20.4 Å². The van der Waals surface area contributed by atoms with Gasteiger partial charge in [-0.05, 0) is 24.1 Å². The zero-order chi connectivity index (χ0) is 18.2. The summed E-state index contributed by atoms with van der Waals surface area (Å²) >= 11 is 0. The van der Waals surface area contributed by atoms with Crippen molar-refractivity contribution < 1.29 is 28.2 Å². The monoisotopic (exact) mass is 354 g/mol. The fourth-order valence-electron chi connectivity index (χ4n) is 2.01. The number of halogens is 2. The van der Waals surface area contributed by atoms with Crippen LogP contribution in [-0.4, -0.2) is 38.6 Å². The number of hydrogen-bond donors (Lipinski definition) is 2. The van der Waals surface area contributed by atoms with Gasteiger partial charge in [0.2, 0.25) is 5.91 Å². The predicted octanol–water partition coefficient (Wildman–Crippen LogP) is 1.21. The van der Waals surface area contributed by atoms with Crippen molar-refractivity contribution in [3.63, 3.8) is 0 Å². The molecule has 0 atom stereocenters. The number of carbonyl (C=O) groups is 2. The van der Waals surface area contributed by atoms with Gasteiger partial charge in [-0.15, -0.1) is 5.10 Å². The molecule has 1 aromatic heterocycles. The molecule has 0 aliphatic heterocycles. The average Bonchev–Trinajstić information content (AvgIpc) is 2.98. The molecule has 1 heterocycles. The molecule has 0 aliphatic carbocycles. The molecule has 8 nitrogen and oxygen atoms in total. The van der Waals surface area contributed by atoms with E-state index in [0.29, 0.717) is 12.1 Å². The van der Waals surface area contributed by atoms with Crippen molar-refractivity contribution in [3.8, 4) is 5.75 Å². The number of alkyl halides is 2. The maximum atomic E-state index is 12.0. The van der Waals surface area contributed by atoms with Gasteiger partial charge in [-0.25, -0.2) is 4.68 Å². The summed E-state index contributed by atoms with van der Waals surface area (Å²) in [6, 6.07) is 6.06. The van der Waals surface area contributed by atoms with E-state index in [1.807, 2.05) is 0 Å². The molecule has 2 rings (SSSR count). The highest BCUT2D eigenvalue weighted by molar-refractivity contribution is 5.76. The third kappa shape index (κ3) is 6.53. The van der Waals surface area contributed by atoms with Gasteiger partial charge in [0, 0.05) is 6.42 Å². The lowest BCUT2D eigenvalue weighted by Gasteiger charge is -2.06. The number of aryl methyl sites for hydroxylation is 1. The third-order valence-electron chi connectivity index (χ3n) is 3.14. The van der Waals surface area contributed by atoms with Crippen LogP contribution in [0.15, 0.2) is 30.5 Å². The molecule has 0 spiro atoms. The van der Waals surface area contributed by atoms with E-state index in [4.69, 9.17) is 5.11 Å². The summed E-state index contributed by atoms with van der Waals surface area (Å²) < 4.78 is 29.5. The molecule has 1 amide bonds. The van der Waals surface area contributed by atoms with Crippen molar-refractivity contribution in [2.45, 2.75) is 32.5 Å². The number of nitrogens with zero attached hydrogens (tertiary/aromatic N) is 3.